The maximum Gasteiger partial charge on any atom is 0.172 e. The number of Topliss-reactive ketones (excluding diaryl/α,β-unsaturated/α-hetero) is 1. The molecule has 0 aliphatic heterocycles. The van der Waals surface area contributed by atoms with Gasteiger partial charge in [-0.05, 0) is 69.2 Å². The summed E-state index contributed by atoms with van der Waals surface area (Å²) < 4.78 is 32.7. The highest BCUT2D eigenvalue weighted by Crippen LogP contribution is 2.64. The zero-order valence-corrected chi connectivity index (χ0v) is 23.9. The maximum atomic E-state index is 11.8. The second-order valence-electron chi connectivity index (χ2n) is 11.0. The Morgan fingerprint density at radius 2 is 1.38 bits per heavy atom. The Morgan fingerprint density at radius 3 is 1.76 bits per heavy atom. The topological polar surface area (TPSA) is 74.3 Å². The van der Waals surface area contributed by atoms with Crippen LogP contribution in [0.5, 0.6) is 0 Å². The molecule has 2 atom stereocenters. The van der Waals surface area contributed by atoms with Gasteiger partial charge in [0.15, 0.2) is 14.7 Å². The van der Waals surface area contributed by atoms with Crippen LogP contribution in [0.2, 0.25) is 0 Å². The highest BCUT2D eigenvalue weighted by atomic mass is 32.2. The van der Waals surface area contributed by atoms with Gasteiger partial charge in [-0.25, -0.2) is 8.42 Å². The number of rotatable bonds is 5. The smallest absolute Gasteiger partial charge is 0.172 e. The number of benzene rings is 3. The lowest BCUT2D eigenvalue weighted by molar-refractivity contribution is -0.128. The summed E-state index contributed by atoms with van der Waals surface area (Å²) in [4.78, 5) is 16.1. The molecular formula is C31H36O4S2. The molecule has 6 heteroatoms. The van der Waals surface area contributed by atoms with Crippen LogP contribution in [0, 0.1) is 37.5 Å². The van der Waals surface area contributed by atoms with Crippen molar-refractivity contribution < 1.29 is 17.8 Å². The lowest BCUT2D eigenvalue weighted by Gasteiger charge is -2.37. The van der Waals surface area contributed by atoms with Crippen LogP contribution < -0.4 is 0 Å². The first-order chi connectivity index (χ1) is 17.4. The van der Waals surface area contributed by atoms with E-state index in [1.807, 2.05) is 13.8 Å². The summed E-state index contributed by atoms with van der Waals surface area (Å²) >= 11 is 0. The number of aryl methyl sites for hydroxylation is 3. The Balaban J connectivity index is 0.000000186. The molecule has 0 radical (unpaired) electrons. The molecule has 0 aromatic heterocycles. The van der Waals surface area contributed by atoms with E-state index in [9.17, 15) is 17.8 Å². The van der Waals surface area contributed by atoms with E-state index in [1.54, 1.807) is 0 Å². The fraction of sp³-hybridized carbons (Fsp3) is 0.387. The minimum atomic E-state index is -4.33. The Kier molecular flexibility index (Phi) is 7.76. The molecule has 196 valence electrons. The van der Waals surface area contributed by atoms with E-state index in [0.717, 1.165) is 6.42 Å². The van der Waals surface area contributed by atoms with Crippen molar-refractivity contribution in [2.75, 3.05) is 5.75 Å². The van der Waals surface area contributed by atoms with Crippen molar-refractivity contribution in [2.24, 2.45) is 16.7 Å². The van der Waals surface area contributed by atoms with Gasteiger partial charge in [0.05, 0.1) is 26.8 Å². The van der Waals surface area contributed by atoms with E-state index in [2.05, 4.69) is 93.6 Å². The van der Waals surface area contributed by atoms with Crippen LogP contribution >= 0.6 is 0 Å². The van der Waals surface area contributed by atoms with Crippen molar-refractivity contribution in [3.63, 3.8) is 0 Å². The van der Waals surface area contributed by atoms with Crippen LogP contribution in [0.25, 0.3) is 0 Å². The highest BCUT2D eigenvalue weighted by Gasteiger charge is 2.64. The minimum absolute atomic E-state index is 0.0248. The second-order valence-corrected chi connectivity index (χ2v) is 14.4. The summed E-state index contributed by atoms with van der Waals surface area (Å²) in [5, 5.41) is 0. The van der Waals surface area contributed by atoms with E-state index in [0.29, 0.717) is 12.8 Å². The van der Waals surface area contributed by atoms with Crippen LogP contribution in [-0.4, -0.2) is 24.5 Å². The van der Waals surface area contributed by atoms with Crippen molar-refractivity contribution in [1.29, 1.82) is 0 Å². The SMILES string of the molecule is CC1(C)C2CCC1(CS(=O)(=O)[O-])C(=O)C2.Cc1cc(C)c([S+](c2ccccc2)c2ccccc2)c(C)c1. The third-order valence-electron chi connectivity index (χ3n) is 8.33. The molecule has 37 heavy (non-hydrogen) atoms. The molecular weight excluding hydrogens is 500 g/mol. The third kappa shape index (κ3) is 5.43. The van der Waals surface area contributed by atoms with Crippen molar-refractivity contribution in [3.8, 4) is 0 Å². The highest BCUT2D eigenvalue weighted by molar-refractivity contribution is 7.97. The fourth-order valence-electron chi connectivity index (χ4n) is 6.38. The Morgan fingerprint density at radius 1 is 0.892 bits per heavy atom. The van der Waals surface area contributed by atoms with Gasteiger partial charge in [0.1, 0.15) is 5.78 Å². The predicted molar refractivity (Wildman–Crippen MR) is 149 cm³/mol. The van der Waals surface area contributed by atoms with Crippen molar-refractivity contribution >= 4 is 26.8 Å². The number of hydrogen-bond acceptors (Lipinski definition) is 4. The predicted octanol–water partition coefficient (Wildman–Crippen LogP) is 6.63. The van der Waals surface area contributed by atoms with Gasteiger partial charge in [0, 0.05) is 23.0 Å². The molecule has 2 saturated carbocycles. The van der Waals surface area contributed by atoms with Gasteiger partial charge < -0.3 is 4.55 Å². The molecule has 2 aliphatic rings. The number of hydrogen-bond donors (Lipinski definition) is 0. The third-order valence-corrected chi connectivity index (χ3v) is 11.7. The van der Waals surface area contributed by atoms with Crippen LogP contribution in [0.3, 0.4) is 0 Å². The molecule has 0 spiro atoms. The molecule has 3 aromatic carbocycles. The van der Waals surface area contributed by atoms with Gasteiger partial charge in [0.25, 0.3) is 0 Å². The maximum absolute atomic E-state index is 11.8. The number of carbonyl (C=O) groups excluding carboxylic acids is 1. The molecule has 2 bridgehead atoms. The molecule has 2 aliphatic carbocycles. The molecule has 5 rings (SSSR count). The first kappa shape index (κ1) is 27.6. The molecule has 0 heterocycles. The summed E-state index contributed by atoms with van der Waals surface area (Å²) in [6, 6.07) is 26.3. The van der Waals surface area contributed by atoms with Crippen LogP contribution in [0.4, 0.5) is 0 Å². The minimum Gasteiger partial charge on any atom is -0.748 e. The summed E-state index contributed by atoms with van der Waals surface area (Å²) in [6.07, 6.45) is 1.88. The first-order valence-corrected chi connectivity index (χ1v) is 15.5. The van der Waals surface area contributed by atoms with Crippen molar-refractivity contribution in [3.05, 3.63) is 89.5 Å². The van der Waals surface area contributed by atoms with Gasteiger partial charge in [-0.1, -0.05) is 67.9 Å². The number of fused-ring (bicyclic) bond motifs is 2. The Hall–Kier alpha value is -2.41. The zero-order valence-electron chi connectivity index (χ0n) is 22.3. The Bertz CT molecular complexity index is 1320. The van der Waals surface area contributed by atoms with E-state index >= 15 is 0 Å². The molecule has 0 saturated heterocycles. The molecule has 2 fully saturated rings. The van der Waals surface area contributed by atoms with Crippen molar-refractivity contribution in [1.82, 2.24) is 0 Å². The van der Waals surface area contributed by atoms with Gasteiger partial charge in [-0.15, -0.1) is 0 Å². The van der Waals surface area contributed by atoms with E-state index < -0.39 is 21.3 Å². The fourth-order valence-corrected chi connectivity index (χ4v) is 10.0. The largest absolute Gasteiger partial charge is 0.748 e. The summed E-state index contributed by atoms with van der Waals surface area (Å²) in [5.74, 6) is -0.280. The average Bonchev–Trinajstić information content (AvgIpc) is 3.16. The molecule has 0 N–H and O–H groups in total. The van der Waals surface area contributed by atoms with Crippen LogP contribution in [0.15, 0.2) is 87.5 Å². The zero-order chi connectivity index (χ0) is 27.0. The summed E-state index contributed by atoms with van der Waals surface area (Å²) in [5.41, 5.74) is 2.88. The summed E-state index contributed by atoms with van der Waals surface area (Å²) in [6.45, 7) is 10.5. The van der Waals surface area contributed by atoms with Crippen LogP contribution in [0.1, 0.15) is 49.8 Å². The van der Waals surface area contributed by atoms with Gasteiger partial charge in [0.2, 0.25) is 0 Å². The average molecular weight is 537 g/mol. The molecule has 2 unspecified atom stereocenters. The lowest BCUT2D eigenvalue weighted by Crippen LogP contribution is -2.42. The number of ketones is 1. The first-order valence-electron chi connectivity index (χ1n) is 12.7. The standard InChI is InChI=1S/C21H21S.C10H16O4S/c1-16-14-17(2)21(18(3)15-16)22(19-10-6-4-7-11-19)20-12-8-5-9-13-20;1-9(2)7-3-4-10(9,8(11)5-7)6-15(12,13)14/h4-15H,1-3H3;7H,3-6H2,1-2H3,(H,12,13,14)/q+1;/p-1. The van der Waals surface area contributed by atoms with Gasteiger partial charge >= 0.3 is 0 Å². The van der Waals surface area contributed by atoms with Crippen molar-refractivity contribution in [2.45, 2.75) is 68.6 Å². The summed E-state index contributed by atoms with van der Waals surface area (Å²) in [7, 11) is -4.37. The lowest BCUT2D eigenvalue weighted by atomic mass is 9.70. The molecule has 3 aromatic rings. The Labute approximate surface area is 224 Å². The monoisotopic (exact) mass is 536 g/mol. The quantitative estimate of drug-likeness (QED) is 0.271. The van der Waals surface area contributed by atoms with E-state index in [-0.39, 0.29) is 28.0 Å². The van der Waals surface area contributed by atoms with E-state index in [1.165, 1.54) is 31.4 Å². The van der Waals surface area contributed by atoms with E-state index in [4.69, 9.17) is 0 Å². The van der Waals surface area contributed by atoms with Crippen LogP contribution in [-0.2, 0) is 25.8 Å². The second kappa shape index (κ2) is 10.4. The van der Waals surface area contributed by atoms with Gasteiger partial charge in [-0.2, -0.15) is 0 Å². The molecule has 0 amide bonds. The molecule has 4 nitrogen and oxygen atoms in total. The van der Waals surface area contributed by atoms with Gasteiger partial charge in [-0.3, -0.25) is 4.79 Å². The normalized spacial score (nSPS) is 22.1. The number of carbonyl (C=O) groups is 1.